The Morgan fingerprint density at radius 3 is 2.35 bits per heavy atom. The first kappa shape index (κ1) is 34.5. The maximum absolute atomic E-state index is 12.7. The van der Waals surface area contributed by atoms with Crippen molar-refractivity contribution in [2.24, 2.45) is 0 Å². The summed E-state index contributed by atoms with van der Waals surface area (Å²) in [5, 5.41) is 13.1. The minimum absolute atomic E-state index is 0.135. The number of methoxy groups -OCH3 is 1. The van der Waals surface area contributed by atoms with Gasteiger partial charge in [0, 0.05) is 56.3 Å². The Morgan fingerprint density at radius 2 is 1.74 bits per heavy atom. The predicted molar refractivity (Wildman–Crippen MR) is 160 cm³/mol. The van der Waals surface area contributed by atoms with Gasteiger partial charge in [0.05, 0.1) is 18.2 Å². The molecule has 1 amide bonds. The number of aldehydes is 1. The van der Waals surface area contributed by atoms with Gasteiger partial charge in [-0.2, -0.15) is 13.2 Å². The molecule has 7 nitrogen and oxygen atoms in total. The van der Waals surface area contributed by atoms with Gasteiger partial charge in [0.25, 0.3) is 5.91 Å². The molecule has 1 heterocycles. The van der Waals surface area contributed by atoms with E-state index in [0.29, 0.717) is 42.9 Å². The van der Waals surface area contributed by atoms with Crippen LogP contribution in [0.3, 0.4) is 0 Å². The van der Waals surface area contributed by atoms with Crippen LogP contribution in [0.2, 0.25) is 0 Å². The summed E-state index contributed by atoms with van der Waals surface area (Å²) in [5.74, 6) is -0.633. The lowest BCUT2D eigenvalue weighted by atomic mass is 10.1. The SMILES string of the molecule is CC.CNc1ccc(F)c(C(F)(F)F)c1.COc1cccc(CNC(=O)c2ccc(CN3C=C(C=O)C(=N)CC3)cc2)c1. The van der Waals surface area contributed by atoms with Crippen molar-refractivity contribution in [3.8, 4) is 5.75 Å². The average molecular weight is 601 g/mol. The van der Waals surface area contributed by atoms with Crippen LogP contribution in [0.15, 0.2) is 78.5 Å². The fraction of sp³-hybridized carbons (Fsp3) is 0.281. The van der Waals surface area contributed by atoms with E-state index in [4.69, 9.17) is 10.1 Å². The molecule has 0 bridgehead atoms. The minimum Gasteiger partial charge on any atom is -0.497 e. The lowest BCUT2D eigenvalue weighted by Gasteiger charge is -2.25. The molecule has 0 unspecified atom stereocenters. The van der Waals surface area contributed by atoms with Gasteiger partial charge in [-0.15, -0.1) is 0 Å². The van der Waals surface area contributed by atoms with Crippen LogP contribution < -0.4 is 15.4 Å². The fourth-order valence-electron chi connectivity index (χ4n) is 3.93. The van der Waals surface area contributed by atoms with Gasteiger partial charge in [0.1, 0.15) is 11.6 Å². The Bertz CT molecular complexity index is 1410. The van der Waals surface area contributed by atoms with Crippen LogP contribution in [0.5, 0.6) is 5.75 Å². The highest BCUT2D eigenvalue weighted by Gasteiger charge is 2.34. The Kier molecular flexibility index (Phi) is 13.4. The van der Waals surface area contributed by atoms with Gasteiger partial charge in [-0.25, -0.2) is 4.39 Å². The van der Waals surface area contributed by atoms with Crippen molar-refractivity contribution in [1.29, 1.82) is 5.41 Å². The minimum atomic E-state index is -4.64. The molecule has 1 aliphatic rings. The second-order valence-electron chi connectivity index (χ2n) is 9.07. The standard InChI is InChI=1S/C22H23N3O3.C8H7F4N.C2H6/c1-28-20-4-2-3-17(11-20)12-24-22(27)18-7-5-16(6-8-18)13-25-10-9-21(23)19(14-25)15-26;1-13-5-2-3-7(9)6(4-5)8(10,11)12;1-2/h2-8,11,14-15,23H,9-10,12-13H2,1H3,(H,24,27);2-4,13H,1H3;1-2H3. The number of allylic oxidation sites excluding steroid dienone is 1. The van der Waals surface area contributed by atoms with Gasteiger partial charge in [-0.3, -0.25) is 9.59 Å². The summed E-state index contributed by atoms with van der Waals surface area (Å²) in [7, 11) is 3.08. The molecule has 0 radical (unpaired) electrons. The van der Waals surface area contributed by atoms with Crippen molar-refractivity contribution in [2.75, 3.05) is 26.0 Å². The first-order valence-electron chi connectivity index (χ1n) is 13.6. The third kappa shape index (κ3) is 10.6. The number of benzene rings is 3. The van der Waals surface area contributed by atoms with Crippen molar-refractivity contribution in [3.63, 3.8) is 0 Å². The number of nitrogens with zero attached hydrogens (tertiary/aromatic N) is 1. The van der Waals surface area contributed by atoms with Crippen LogP contribution in [0.1, 0.15) is 47.3 Å². The topological polar surface area (TPSA) is 94.5 Å². The number of rotatable bonds is 8. The first-order chi connectivity index (χ1) is 20.5. The van der Waals surface area contributed by atoms with Crippen molar-refractivity contribution < 1.29 is 31.9 Å². The molecule has 0 aliphatic carbocycles. The molecule has 0 saturated heterocycles. The van der Waals surface area contributed by atoms with Crippen LogP contribution in [0.4, 0.5) is 23.2 Å². The largest absolute Gasteiger partial charge is 0.497 e. The Morgan fingerprint density at radius 1 is 1.05 bits per heavy atom. The second-order valence-corrected chi connectivity index (χ2v) is 9.07. The van der Waals surface area contributed by atoms with E-state index in [9.17, 15) is 27.2 Å². The maximum atomic E-state index is 12.7. The van der Waals surface area contributed by atoms with Crippen molar-refractivity contribution in [3.05, 3.63) is 107 Å². The lowest BCUT2D eigenvalue weighted by Crippen LogP contribution is -2.27. The molecular weight excluding hydrogens is 564 g/mol. The summed E-state index contributed by atoms with van der Waals surface area (Å²) in [4.78, 5) is 25.4. The number of nitrogens with one attached hydrogen (secondary N) is 3. The second kappa shape index (κ2) is 16.7. The van der Waals surface area contributed by atoms with E-state index in [0.717, 1.165) is 35.3 Å². The van der Waals surface area contributed by atoms with Crippen molar-refractivity contribution >= 4 is 23.6 Å². The molecule has 0 aromatic heterocycles. The van der Waals surface area contributed by atoms with Gasteiger partial charge in [0.15, 0.2) is 6.29 Å². The molecule has 0 fully saturated rings. The predicted octanol–water partition coefficient (Wildman–Crippen LogP) is 6.85. The van der Waals surface area contributed by atoms with Crippen LogP contribution in [-0.2, 0) is 24.1 Å². The first-order valence-corrected chi connectivity index (χ1v) is 13.6. The number of ether oxygens (including phenoxy) is 1. The van der Waals surface area contributed by atoms with Crippen LogP contribution >= 0.6 is 0 Å². The highest BCUT2D eigenvalue weighted by atomic mass is 19.4. The van der Waals surface area contributed by atoms with Gasteiger partial charge in [-0.05, 0) is 53.6 Å². The molecule has 11 heteroatoms. The summed E-state index contributed by atoms with van der Waals surface area (Å²) < 4.78 is 54.1. The van der Waals surface area contributed by atoms with E-state index in [1.54, 1.807) is 25.4 Å². The van der Waals surface area contributed by atoms with E-state index >= 15 is 0 Å². The molecule has 3 N–H and O–H groups in total. The van der Waals surface area contributed by atoms with Crippen LogP contribution in [0, 0.1) is 11.2 Å². The summed E-state index contributed by atoms with van der Waals surface area (Å²) in [6.07, 6.45) is -1.62. The number of carbonyl (C=O) groups excluding carboxylic acids is 2. The quantitative estimate of drug-likeness (QED) is 0.194. The summed E-state index contributed by atoms with van der Waals surface area (Å²) in [6, 6.07) is 17.8. The zero-order valence-electron chi connectivity index (χ0n) is 24.5. The number of hydrogen-bond acceptors (Lipinski definition) is 6. The number of hydrogen-bond donors (Lipinski definition) is 3. The van der Waals surface area contributed by atoms with Gasteiger partial charge >= 0.3 is 6.18 Å². The Balaban J connectivity index is 0.000000360. The molecule has 4 rings (SSSR count). The van der Waals surface area contributed by atoms with E-state index in [1.807, 2.05) is 55.1 Å². The van der Waals surface area contributed by atoms with E-state index in [-0.39, 0.29) is 11.6 Å². The zero-order valence-corrected chi connectivity index (χ0v) is 24.5. The fourth-order valence-corrected chi connectivity index (χ4v) is 3.93. The normalized spacial score (nSPS) is 12.5. The van der Waals surface area contributed by atoms with Gasteiger partial charge in [-0.1, -0.05) is 38.1 Å². The molecule has 0 spiro atoms. The summed E-state index contributed by atoms with van der Waals surface area (Å²) >= 11 is 0. The summed E-state index contributed by atoms with van der Waals surface area (Å²) in [5.41, 5.74) is 2.40. The number of anilines is 1. The van der Waals surface area contributed by atoms with E-state index in [1.165, 1.54) is 13.1 Å². The number of carbonyl (C=O) groups is 2. The number of halogens is 4. The Labute approximate surface area is 249 Å². The highest BCUT2D eigenvalue weighted by molar-refractivity contribution is 6.13. The smallest absolute Gasteiger partial charge is 0.419 e. The lowest BCUT2D eigenvalue weighted by molar-refractivity contribution is -0.139. The molecule has 3 aromatic carbocycles. The number of alkyl halides is 3. The third-order valence-corrected chi connectivity index (χ3v) is 6.20. The molecule has 0 atom stereocenters. The molecule has 0 saturated carbocycles. The van der Waals surface area contributed by atoms with E-state index < -0.39 is 17.6 Å². The van der Waals surface area contributed by atoms with Crippen LogP contribution in [-0.4, -0.2) is 43.5 Å². The third-order valence-electron chi connectivity index (χ3n) is 6.20. The molecular formula is C32H36F4N4O3. The molecule has 3 aromatic rings. The molecule has 43 heavy (non-hydrogen) atoms. The van der Waals surface area contributed by atoms with Crippen molar-refractivity contribution in [1.82, 2.24) is 10.2 Å². The molecule has 1 aliphatic heterocycles. The highest BCUT2D eigenvalue weighted by Crippen LogP contribution is 2.32. The van der Waals surface area contributed by atoms with Crippen molar-refractivity contribution in [2.45, 2.75) is 39.5 Å². The Hall–Kier alpha value is -4.67. The van der Waals surface area contributed by atoms with E-state index in [2.05, 4.69) is 10.6 Å². The number of amides is 1. The van der Waals surface area contributed by atoms with Gasteiger partial charge in [0.2, 0.25) is 0 Å². The zero-order chi connectivity index (χ0) is 32.0. The summed E-state index contributed by atoms with van der Waals surface area (Å²) in [6.45, 7) is 5.77. The van der Waals surface area contributed by atoms with Gasteiger partial charge < -0.3 is 25.7 Å². The average Bonchev–Trinajstić information content (AvgIpc) is 3.02. The maximum Gasteiger partial charge on any atom is 0.419 e. The monoisotopic (exact) mass is 600 g/mol. The molecule has 230 valence electrons. The van der Waals surface area contributed by atoms with Crippen LogP contribution in [0.25, 0.3) is 0 Å².